The number of aryl methyl sites for hydroxylation is 2. The third-order valence-electron chi connectivity index (χ3n) is 7.90. The van der Waals surface area contributed by atoms with Crippen LogP contribution in [0.3, 0.4) is 0 Å². The normalized spacial score (nSPS) is 15.8. The van der Waals surface area contributed by atoms with Crippen molar-refractivity contribution in [2.24, 2.45) is 0 Å². The van der Waals surface area contributed by atoms with E-state index in [-0.39, 0.29) is 10.8 Å². The minimum absolute atomic E-state index is 0.177. The van der Waals surface area contributed by atoms with Crippen LogP contribution in [0.1, 0.15) is 33.5 Å². The van der Waals surface area contributed by atoms with Gasteiger partial charge in [-0.1, -0.05) is 41.7 Å². The number of rotatable bonds is 8. The fourth-order valence-corrected chi connectivity index (χ4v) is 8.17. The molecule has 0 saturated carbocycles. The highest BCUT2D eigenvalue weighted by Gasteiger charge is 2.31. The van der Waals surface area contributed by atoms with Crippen molar-refractivity contribution in [2.45, 2.75) is 31.6 Å². The molecule has 0 aliphatic carbocycles. The van der Waals surface area contributed by atoms with Crippen LogP contribution in [0, 0.1) is 13.8 Å². The summed E-state index contributed by atoms with van der Waals surface area (Å²) in [4.78, 5) is 23.1. The smallest absolute Gasteiger partial charge is 0.264 e. The summed E-state index contributed by atoms with van der Waals surface area (Å²) in [7, 11) is -3.74. The number of carbonyl (C=O) groups is 1. The van der Waals surface area contributed by atoms with Gasteiger partial charge in [0.05, 0.1) is 34.0 Å². The second-order valence-electron chi connectivity index (χ2n) is 10.6. The van der Waals surface area contributed by atoms with Gasteiger partial charge in [-0.2, -0.15) is 0 Å². The third-order valence-corrected chi connectivity index (χ3v) is 10.9. The van der Waals surface area contributed by atoms with Crippen molar-refractivity contribution < 1.29 is 17.9 Å². The van der Waals surface area contributed by atoms with Crippen LogP contribution < -0.4 is 9.21 Å². The summed E-state index contributed by atoms with van der Waals surface area (Å²) in [5.41, 5.74) is 5.31. The number of hydrogen-bond donors (Lipinski definition) is 0. The molecule has 6 rings (SSSR count). The van der Waals surface area contributed by atoms with E-state index >= 15 is 0 Å². The van der Waals surface area contributed by atoms with E-state index in [9.17, 15) is 13.2 Å². The molecule has 4 aromatic rings. The molecule has 0 N–H and O–H groups in total. The van der Waals surface area contributed by atoms with Crippen molar-refractivity contribution >= 4 is 48.3 Å². The SMILES string of the molecule is Cc1ccc(C)c2sc(N(CCCN3CCOCC3)C(=O)c3ccc(S(=O)(=O)N4CCc5ccccc54)cc3)nc12. The molecule has 0 bridgehead atoms. The lowest BCUT2D eigenvalue weighted by Crippen LogP contribution is -2.39. The average molecular weight is 591 g/mol. The lowest BCUT2D eigenvalue weighted by Gasteiger charge is -2.27. The third kappa shape index (κ3) is 5.49. The van der Waals surface area contributed by atoms with E-state index in [4.69, 9.17) is 9.72 Å². The molecule has 0 atom stereocenters. The molecule has 0 spiro atoms. The van der Waals surface area contributed by atoms with Crippen LogP contribution in [0.25, 0.3) is 10.2 Å². The van der Waals surface area contributed by atoms with Gasteiger partial charge in [-0.15, -0.1) is 0 Å². The van der Waals surface area contributed by atoms with Gasteiger partial charge in [-0.25, -0.2) is 13.4 Å². The second-order valence-corrected chi connectivity index (χ2v) is 13.5. The molecule has 1 fully saturated rings. The highest BCUT2D eigenvalue weighted by atomic mass is 32.2. The summed E-state index contributed by atoms with van der Waals surface area (Å²) in [6.07, 6.45) is 1.48. The largest absolute Gasteiger partial charge is 0.379 e. The van der Waals surface area contributed by atoms with Gasteiger partial charge in [0, 0.05) is 38.3 Å². The van der Waals surface area contributed by atoms with Crippen LogP contribution in [-0.2, 0) is 21.2 Å². The van der Waals surface area contributed by atoms with Crippen molar-refractivity contribution in [2.75, 3.05) is 55.1 Å². The number of thiazole rings is 1. The fourth-order valence-electron chi connectivity index (χ4n) is 5.53. The summed E-state index contributed by atoms with van der Waals surface area (Å²) in [6.45, 7) is 9.14. The predicted molar refractivity (Wildman–Crippen MR) is 164 cm³/mol. The van der Waals surface area contributed by atoms with E-state index in [1.807, 2.05) is 31.2 Å². The summed E-state index contributed by atoms with van der Waals surface area (Å²) >= 11 is 1.53. The number of ether oxygens (including phenoxy) is 1. The predicted octanol–water partition coefficient (Wildman–Crippen LogP) is 5.03. The van der Waals surface area contributed by atoms with Crippen LogP contribution in [0.2, 0.25) is 0 Å². The number of morpholine rings is 1. The Morgan fingerprint density at radius 2 is 1.71 bits per heavy atom. The van der Waals surface area contributed by atoms with Crippen molar-refractivity contribution in [1.82, 2.24) is 9.88 Å². The molecule has 3 heterocycles. The van der Waals surface area contributed by atoms with E-state index < -0.39 is 10.0 Å². The summed E-state index contributed by atoms with van der Waals surface area (Å²) in [6, 6.07) is 18.1. The van der Waals surface area contributed by atoms with Crippen molar-refractivity contribution in [3.63, 3.8) is 0 Å². The van der Waals surface area contributed by atoms with Crippen molar-refractivity contribution in [3.05, 3.63) is 82.9 Å². The van der Waals surface area contributed by atoms with E-state index in [0.29, 0.717) is 30.2 Å². The molecule has 3 aromatic carbocycles. The Morgan fingerprint density at radius 3 is 2.46 bits per heavy atom. The lowest BCUT2D eigenvalue weighted by atomic mass is 10.1. The standard InChI is InChI=1S/C31H34N4O4S2/c1-22-8-9-23(2)29-28(22)32-31(40-29)34(16-5-15-33-18-20-39-21-19-33)30(36)25-10-12-26(13-11-25)41(37,38)35-17-14-24-6-3-4-7-27(24)35/h3-4,6-13H,5,14-21H2,1-2H3. The van der Waals surface area contributed by atoms with Gasteiger partial charge >= 0.3 is 0 Å². The molecular formula is C31H34N4O4S2. The molecule has 214 valence electrons. The van der Waals surface area contributed by atoms with Gasteiger partial charge < -0.3 is 4.74 Å². The highest BCUT2D eigenvalue weighted by molar-refractivity contribution is 7.92. The van der Waals surface area contributed by atoms with Crippen LogP contribution in [0.4, 0.5) is 10.8 Å². The van der Waals surface area contributed by atoms with Crippen LogP contribution in [0.5, 0.6) is 0 Å². The number of aromatic nitrogens is 1. The molecule has 10 heteroatoms. The Kier molecular flexibility index (Phi) is 7.82. The van der Waals surface area contributed by atoms with Crippen molar-refractivity contribution in [3.8, 4) is 0 Å². The second kappa shape index (κ2) is 11.5. The Labute approximate surface area is 245 Å². The Hall–Kier alpha value is -3.31. The molecule has 2 aliphatic rings. The van der Waals surface area contributed by atoms with Gasteiger partial charge in [-0.3, -0.25) is 18.9 Å². The van der Waals surface area contributed by atoms with Gasteiger partial charge in [0.25, 0.3) is 15.9 Å². The number of anilines is 2. The first-order valence-corrected chi connectivity index (χ1v) is 16.3. The average Bonchev–Trinajstić information content (AvgIpc) is 3.64. The van der Waals surface area contributed by atoms with Gasteiger partial charge in [0.1, 0.15) is 0 Å². The molecule has 0 unspecified atom stereocenters. The first kappa shape index (κ1) is 27.8. The minimum Gasteiger partial charge on any atom is -0.379 e. The summed E-state index contributed by atoms with van der Waals surface area (Å²) < 4.78 is 35.0. The quantitative estimate of drug-likeness (QED) is 0.286. The maximum atomic E-state index is 14.0. The van der Waals surface area contributed by atoms with E-state index in [1.165, 1.54) is 15.6 Å². The molecule has 1 saturated heterocycles. The van der Waals surface area contributed by atoms with Gasteiger partial charge in [-0.05, 0) is 73.7 Å². The van der Waals surface area contributed by atoms with Crippen LogP contribution in [-0.4, -0.2) is 70.1 Å². The fraction of sp³-hybridized carbons (Fsp3) is 0.355. The first-order chi connectivity index (χ1) is 19.8. The highest BCUT2D eigenvalue weighted by Crippen LogP contribution is 2.35. The molecule has 0 radical (unpaired) electrons. The molecule has 1 amide bonds. The maximum Gasteiger partial charge on any atom is 0.264 e. The number of nitrogens with zero attached hydrogens (tertiary/aromatic N) is 4. The number of sulfonamides is 1. The molecule has 8 nitrogen and oxygen atoms in total. The molecule has 2 aliphatic heterocycles. The summed E-state index contributed by atoms with van der Waals surface area (Å²) in [5, 5.41) is 0.662. The van der Waals surface area contributed by atoms with E-state index in [1.54, 1.807) is 29.2 Å². The Balaban J connectivity index is 1.27. The molecule has 1 aromatic heterocycles. The number of hydrogen-bond acceptors (Lipinski definition) is 7. The monoisotopic (exact) mass is 590 g/mol. The van der Waals surface area contributed by atoms with Gasteiger partial charge in [0.2, 0.25) is 0 Å². The topological polar surface area (TPSA) is 83.0 Å². The minimum atomic E-state index is -3.74. The number of amides is 1. The Morgan fingerprint density at radius 1 is 0.976 bits per heavy atom. The molecule has 41 heavy (non-hydrogen) atoms. The van der Waals surface area contributed by atoms with E-state index in [2.05, 4.69) is 24.0 Å². The molecular weight excluding hydrogens is 556 g/mol. The van der Waals surface area contributed by atoms with Crippen LogP contribution >= 0.6 is 11.3 Å². The maximum absolute atomic E-state index is 14.0. The van der Waals surface area contributed by atoms with Crippen molar-refractivity contribution in [1.29, 1.82) is 0 Å². The van der Waals surface area contributed by atoms with Crippen LogP contribution in [0.15, 0.2) is 65.6 Å². The Bertz CT molecular complexity index is 1640. The van der Waals surface area contributed by atoms with Gasteiger partial charge in [0.15, 0.2) is 5.13 Å². The number of carbonyl (C=O) groups excluding carboxylic acids is 1. The zero-order chi connectivity index (χ0) is 28.6. The number of para-hydroxylation sites is 1. The number of fused-ring (bicyclic) bond motifs is 2. The lowest BCUT2D eigenvalue weighted by molar-refractivity contribution is 0.0376. The zero-order valence-corrected chi connectivity index (χ0v) is 25.0. The number of benzene rings is 3. The summed E-state index contributed by atoms with van der Waals surface area (Å²) in [5.74, 6) is -0.184. The zero-order valence-electron chi connectivity index (χ0n) is 23.4. The first-order valence-electron chi connectivity index (χ1n) is 14.0. The van der Waals surface area contributed by atoms with E-state index in [0.717, 1.165) is 71.9 Å².